The number of hydrogen-bond acceptors (Lipinski definition) is 4. The molecule has 0 radical (unpaired) electrons. The SMILES string of the molecule is CC(O)C(N)CNc1ccc(C#N)c(Cl)c1. The van der Waals surface area contributed by atoms with Crippen molar-refractivity contribution in [1.29, 1.82) is 5.26 Å². The molecule has 0 aliphatic carbocycles. The molecule has 2 atom stereocenters. The highest BCUT2D eigenvalue weighted by molar-refractivity contribution is 6.32. The summed E-state index contributed by atoms with van der Waals surface area (Å²) in [5.74, 6) is 0. The lowest BCUT2D eigenvalue weighted by Crippen LogP contribution is -2.38. The highest BCUT2D eigenvalue weighted by Gasteiger charge is 2.08. The molecule has 2 unspecified atom stereocenters. The molecule has 5 heteroatoms. The lowest BCUT2D eigenvalue weighted by molar-refractivity contribution is 0.168. The van der Waals surface area contributed by atoms with E-state index in [-0.39, 0.29) is 6.04 Å². The maximum Gasteiger partial charge on any atom is 0.101 e. The van der Waals surface area contributed by atoms with E-state index >= 15 is 0 Å². The number of rotatable bonds is 4. The number of halogens is 1. The number of nitrogens with zero attached hydrogens (tertiary/aromatic N) is 1. The summed E-state index contributed by atoms with van der Waals surface area (Å²) in [5, 5.41) is 21.3. The van der Waals surface area contributed by atoms with Gasteiger partial charge in [0.25, 0.3) is 0 Å². The van der Waals surface area contributed by atoms with Crippen LogP contribution in [0.15, 0.2) is 18.2 Å². The maximum absolute atomic E-state index is 9.20. The first-order chi connectivity index (χ1) is 7.54. The van der Waals surface area contributed by atoms with Crippen LogP contribution >= 0.6 is 11.6 Å². The molecule has 0 fully saturated rings. The Morgan fingerprint density at radius 1 is 1.62 bits per heavy atom. The molecule has 0 bridgehead atoms. The largest absolute Gasteiger partial charge is 0.392 e. The van der Waals surface area contributed by atoms with E-state index in [1.54, 1.807) is 25.1 Å². The summed E-state index contributed by atoms with van der Waals surface area (Å²) in [6, 6.07) is 6.69. The van der Waals surface area contributed by atoms with Crippen molar-refractivity contribution in [3.8, 4) is 6.07 Å². The van der Waals surface area contributed by atoms with Crippen LogP contribution in [0.2, 0.25) is 5.02 Å². The number of anilines is 1. The number of nitrogens with one attached hydrogen (secondary N) is 1. The first kappa shape index (κ1) is 12.8. The molecule has 16 heavy (non-hydrogen) atoms. The minimum atomic E-state index is -0.568. The quantitative estimate of drug-likeness (QED) is 0.740. The molecule has 4 N–H and O–H groups in total. The Labute approximate surface area is 99.6 Å². The van der Waals surface area contributed by atoms with E-state index in [4.69, 9.17) is 22.6 Å². The standard InChI is InChI=1S/C11H14ClN3O/c1-7(16)11(14)6-15-9-3-2-8(5-13)10(12)4-9/h2-4,7,11,15-16H,6,14H2,1H3. The average molecular weight is 240 g/mol. The lowest BCUT2D eigenvalue weighted by Gasteiger charge is -2.16. The van der Waals surface area contributed by atoms with Crippen LogP contribution in [0.5, 0.6) is 0 Å². The van der Waals surface area contributed by atoms with Gasteiger partial charge in [-0.2, -0.15) is 5.26 Å². The minimum absolute atomic E-state index is 0.339. The van der Waals surface area contributed by atoms with Gasteiger partial charge < -0.3 is 16.2 Å². The second-order valence-electron chi connectivity index (χ2n) is 3.59. The monoisotopic (exact) mass is 239 g/mol. The fourth-order valence-electron chi connectivity index (χ4n) is 1.12. The van der Waals surface area contributed by atoms with E-state index in [9.17, 15) is 5.11 Å². The average Bonchev–Trinajstić information content (AvgIpc) is 2.25. The summed E-state index contributed by atoms with van der Waals surface area (Å²) in [6.45, 7) is 2.08. The van der Waals surface area contributed by atoms with E-state index in [0.29, 0.717) is 17.1 Å². The smallest absolute Gasteiger partial charge is 0.101 e. The van der Waals surface area contributed by atoms with Gasteiger partial charge in [0.15, 0.2) is 0 Å². The van der Waals surface area contributed by atoms with Crippen molar-refractivity contribution >= 4 is 17.3 Å². The van der Waals surface area contributed by atoms with Gasteiger partial charge >= 0.3 is 0 Å². The zero-order valence-electron chi connectivity index (χ0n) is 8.94. The molecule has 0 aromatic heterocycles. The van der Waals surface area contributed by atoms with E-state index in [1.807, 2.05) is 6.07 Å². The summed E-state index contributed by atoms with van der Waals surface area (Å²) in [7, 11) is 0. The van der Waals surface area contributed by atoms with Crippen molar-refractivity contribution in [3.63, 3.8) is 0 Å². The van der Waals surface area contributed by atoms with Crippen molar-refractivity contribution in [2.75, 3.05) is 11.9 Å². The van der Waals surface area contributed by atoms with Gasteiger partial charge in [0.05, 0.1) is 16.7 Å². The molecule has 0 amide bonds. The fourth-order valence-corrected chi connectivity index (χ4v) is 1.34. The lowest BCUT2D eigenvalue weighted by atomic mass is 10.2. The van der Waals surface area contributed by atoms with Gasteiger partial charge in [0.1, 0.15) is 6.07 Å². The molecule has 1 aromatic carbocycles. The van der Waals surface area contributed by atoms with E-state index in [0.717, 1.165) is 5.69 Å². The molecule has 0 heterocycles. The number of nitrogens with two attached hydrogens (primary N) is 1. The molecule has 0 aliphatic heterocycles. The van der Waals surface area contributed by atoms with Gasteiger partial charge in [0.2, 0.25) is 0 Å². The molecule has 4 nitrogen and oxygen atoms in total. The van der Waals surface area contributed by atoms with Crippen molar-refractivity contribution in [3.05, 3.63) is 28.8 Å². The predicted octanol–water partition coefficient (Wildman–Crippen LogP) is 1.33. The molecular formula is C11H14ClN3O. The molecular weight excluding hydrogens is 226 g/mol. The van der Waals surface area contributed by atoms with Crippen molar-refractivity contribution in [2.45, 2.75) is 19.1 Å². The molecule has 1 aromatic rings. The Morgan fingerprint density at radius 2 is 2.31 bits per heavy atom. The number of benzene rings is 1. The van der Waals surface area contributed by atoms with E-state index < -0.39 is 6.10 Å². The van der Waals surface area contributed by atoms with Crippen LogP contribution < -0.4 is 11.1 Å². The summed E-state index contributed by atoms with van der Waals surface area (Å²) in [6.07, 6.45) is -0.568. The van der Waals surface area contributed by atoms with Crippen LogP contribution in [0.25, 0.3) is 0 Å². The zero-order chi connectivity index (χ0) is 12.1. The Hall–Kier alpha value is -1.28. The first-order valence-corrected chi connectivity index (χ1v) is 5.29. The van der Waals surface area contributed by atoms with Gasteiger partial charge in [-0.25, -0.2) is 0 Å². The number of nitriles is 1. The molecule has 0 spiro atoms. The predicted molar refractivity (Wildman–Crippen MR) is 64.3 cm³/mol. The zero-order valence-corrected chi connectivity index (χ0v) is 9.70. The van der Waals surface area contributed by atoms with Crippen molar-refractivity contribution in [2.24, 2.45) is 5.73 Å². The molecule has 0 saturated carbocycles. The molecule has 1 rings (SSSR count). The number of aliphatic hydroxyl groups excluding tert-OH is 1. The van der Waals surface area contributed by atoms with E-state index in [1.165, 1.54) is 0 Å². The third-order valence-electron chi connectivity index (χ3n) is 2.25. The Morgan fingerprint density at radius 3 is 2.81 bits per heavy atom. The van der Waals surface area contributed by atoms with Gasteiger partial charge in [-0.1, -0.05) is 11.6 Å². The highest BCUT2D eigenvalue weighted by atomic mass is 35.5. The normalized spacial score (nSPS) is 13.9. The van der Waals surface area contributed by atoms with Gasteiger partial charge in [-0.3, -0.25) is 0 Å². The van der Waals surface area contributed by atoms with Crippen LogP contribution in [-0.4, -0.2) is 23.8 Å². The number of aliphatic hydroxyl groups is 1. The summed E-state index contributed by atoms with van der Waals surface area (Å²) >= 11 is 5.86. The second kappa shape index (κ2) is 5.71. The van der Waals surface area contributed by atoms with Crippen LogP contribution in [-0.2, 0) is 0 Å². The van der Waals surface area contributed by atoms with Crippen LogP contribution in [0.4, 0.5) is 5.69 Å². The first-order valence-electron chi connectivity index (χ1n) is 4.91. The highest BCUT2D eigenvalue weighted by Crippen LogP contribution is 2.20. The Bertz CT molecular complexity index is 401. The minimum Gasteiger partial charge on any atom is -0.392 e. The number of hydrogen-bond donors (Lipinski definition) is 3. The maximum atomic E-state index is 9.20. The summed E-state index contributed by atoms with van der Waals surface area (Å²) in [5.41, 5.74) is 6.88. The van der Waals surface area contributed by atoms with Crippen LogP contribution in [0.3, 0.4) is 0 Å². The molecule has 0 aliphatic rings. The van der Waals surface area contributed by atoms with Crippen LogP contribution in [0, 0.1) is 11.3 Å². The Kier molecular flexibility index (Phi) is 4.56. The molecule has 86 valence electrons. The topological polar surface area (TPSA) is 82.1 Å². The third-order valence-corrected chi connectivity index (χ3v) is 2.56. The Balaban J connectivity index is 2.63. The molecule has 0 saturated heterocycles. The fraction of sp³-hybridized carbons (Fsp3) is 0.364. The van der Waals surface area contributed by atoms with Gasteiger partial charge in [0, 0.05) is 18.3 Å². The summed E-state index contributed by atoms with van der Waals surface area (Å²) < 4.78 is 0. The second-order valence-corrected chi connectivity index (χ2v) is 4.00. The van der Waals surface area contributed by atoms with Crippen molar-refractivity contribution in [1.82, 2.24) is 0 Å². The van der Waals surface area contributed by atoms with Crippen LogP contribution in [0.1, 0.15) is 12.5 Å². The van der Waals surface area contributed by atoms with Gasteiger partial charge in [-0.15, -0.1) is 0 Å². The third kappa shape index (κ3) is 3.38. The van der Waals surface area contributed by atoms with Gasteiger partial charge in [-0.05, 0) is 25.1 Å². The summed E-state index contributed by atoms with van der Waals surface area (Å²) in [4.78, 5) is 0. The van der Waals surface area contributed by atoms with E-state index in [2.05, 4.69) is 5.32 Å². The van der Waals surface area contributed by atoms with Crippen molar-refractivity contribution < 1.29 is 5.11 Å².